The lowest BCUT2D eigenvalue weighted by molar-refractivity contribution is 0.0952. The maximum atomic E-state index is 12.4. The summed E-state index contributed by atoms with van der Waals surface area (Å²) in [7, 11) is 0. The highest BCUT2D eigenvalue weighted by molar-refractivity contribution is 6.31. The summed E-state index contributed by atoms with van der Waals surface area (Å²) in [6, 6.07) is 7.55. The monoisotopic (exact) mass is 419 g/mol. The topological polar surface area (TPSA) is 64.7 Å². The zero-order chi connectivity index (χ0) is 20.3. The molecule has 0 aliphatic heterocycles. The molecule has 0 aliphatic rings. The van der Waals surface area contributed by atoms with Crippen molar-refractivity contribution in [2.24, 2.45) is 0 Å². The molecule has 1 amide bonds. The molecule has 1 aromatic carbocycles. The van der Waals surface area contributed by atoms with Gasteiger partial charge < -0.3 is 5.32 Å². The van der Waals surface area contributed by atoms with Gasteiger partial charge in [-0.25, -0.2) is 0 Å². The molecule has 0 saturated carbocycles. The summed E-state index contributed by atoms with van der Waals surface area (Å²) in [6.07, 6.45) is 2.57. The Kier molecular flexibility index (Phi) is 6.42. The Morgan fingerprint density at radius 2 is 1.93 bits per heavy atom. The van der Waals surface area contributed by atoms with Crippen molar-refractivity contribution in [1.29, 1.82) is 0 Å². The second-order valence-electron chi connectivity index (χ2n) is 6.78. The van der Waals surface area contributed by atoms with E-state index in [-0.39, 0.29) is 5.91 Å². The number of aryl methyl sites for hydroxylation is 3. The van der Waals surface area contributed by atoms with E-state index in [0.717, 1.165) is 29.1 Å². The second kappa shape index (κ2) is 8.80. The molecule has 3 rings (SSSR count). The van der Waals surface area contributed by atoms with Crippen LogP contribution in [0.15, 0.2) is 30.5 Å². The highest BCUT2D eigenvalue weighted by Crippen LogP contribution is 2.20. The molecule has 0 aliphatic carbocycles. The normalized spacial score (nSPS) is 11.0. The van der Waals surface area contributed by atoms with Gasteiger partial charge in [-0.3, -0.25) is 14.2 Å². The average molecular weight is 420 g/mol. The Labute approximate surface area is 174 Å². The van der Waals surface area contributed by atoms with Gasteiger partial charge in [0.2, 0.25) is 0 Å². The van der Waals surface area contributed by atoms with Crippen molar-refractivity contribution in [3.63, 3.8) is 0 Å². The Hall–Kier alpha value is -2.31. The third-order valence-electron chi connectivity index (χ3n) is 4.55. The lowest BCUT2D eigenvalue weighted by Gasteiger charge is -2.08. The first-order valence-electron chi connectivity index (χ1n) is 9.11. The summed E-state index contributed by atoms with van der Waals surface area (Å²) < 4.78 is 3.65. The lowest BCUT2D eigenvalue weighted by atomic mass is 10.1. The summed E-state index contributed by atoms with van der Waals surface area (Å²) in [5, 5.41) is 13.0. The average Bonchev–Trinajstić information content (AvgIpc) is 3.12. The van der Waals surface area contributed by atoms with Crippen LogP contribution in [0.2, 0.25) is 10.0 Å². The third kappa shape index (κ3) is 4.75. The minimum atomic E-state index is -0.0945. The first-order chi connectivity index (χ1) is 13.3. The van der Waals surface area contributed by atoms with Crippen LogP contribution < -0.4 is 5.32 Å². The molecule has 0 radical (unpaired) electrons. The number of aromatic nitrogens is 4. The molecule has 6 nitrogen and oxygen atoms in total. The second-order valence-corrected chi connectivity index (χ2v) is 7.56. The first-order valence-corrected chi connectivity index (χ1v) is 9.87. The molecule has 8 heteroatoms. The van der Waals surface area contributed by atoms with Crippen molar-refractivity contribution < 1.29 is 4.79 Å². The number of rotatable bonds is 7. The maximum absolute atomic E-state index is 12.4. The van der Waals surface area contributed by atoms with E-state index in [0.29, 0.717) is 35.2 Å². The highest BCUT2D eigenvalue weighted by Gasteiger charge is 2.11. The third-order valence-corrected chi connectivity index (χ3v) is 5.47. The van der Waals surface area contributed by atoms with Gasteiger partial charge in [0.1, 0.15) is 0 Å². The quantitative estimate of drug-likeness (QED) is 0.584. The van der Waals surface area contributed by atoms with Crippen molar-refractivity contribution in [3.8, 4) is 0 Å². The van der Waals surface area contributed by atoms with Crippen LogP contribution in [-0.4, -0.2) is 32.0 Å². The molecule has 0 unspecified atom stereocenters. The van der Waals surface area contributed by atoms with Crippen LogP contribution in [0.1, 0.15) is 39.4 Å². The molecular weight excluding hydrogens is 397 g/mol. The Morgan fingerprint density at radius 3 is 2.57 bits per heavy atom. The van der Waals surface area contributed by atoms with E-state index < -0.39 is 0 Å². The maximum Gasteiger partial charge on any atom is 0.251 e. The molecule has 0 spiro atoms. The fourth-order valence-corrected chi connectivity index (χ4v) is 3.25. The van der Waals surface area contributed by atoms with Gasteiger partial charge in [0, 0.05) is 24.8 Å². The van der Waals surface area contributed by atoms with Crippen molar-refractivity contribution in [2.75, 3.05) is 6.54 Å². The first kappa shape index (κ1) is 20.4. The lowest BCUT2D eigenvalue weighted by Crippen LogP contribution is -2.25. The van der Waals surface area contributed by atoms with Crippen LogP contribution in [0.5, 0.6) is 0 Å². The van der Waals surface area contributed by atoms with Gasteiger partial charge in [-0.1, -0.05) is 35.3 Å². The van der Waals surface area contributed by atoms with E-state index in [1.807, 2.05) is 49.7 Å². The zero-order valence-electron chi connectivity index (χ0n) is 16.2. The van der Waals surface area contributed by atoms with E-state index in [9.17, 15) is 4.79 Å². The Bertz CT molecular complexity index is 973. The smallest absolute Gasteiger partial charge is 0.251 e. The number of nitrogens with zero attached hydrogens (tertiary/aromatic N) is 4. The van der Waals surface area contributed by atoms with Crippen LogP contribution in [-0.2, 0) is 13.1 Å². The molecule has 2 heterocycles. The summed E-state index contributed by atoms with van der Waals surface area (Å²) in [5.41, 5.74) is 4.16. The van der Waals surface area contributed by atoms with Crippen LogP contribution >= 0.6 is 23.2 Å². The van der Waals surface area contributed by atoms with Crippen LogP contribution in [0.25, 0.3) is 0 Å². The summed E-state index contributed by atoms with van der Waals surface area (Å²) >= 11 is 12.2. The van der Waals surface area contributed by atoms with E-state index >= 15 is 0 Å². The fourth-order valence-electron chi connectivity index (χ4n) is 2.97. The van der Waals surface area contributed by atoms with Crippen LogP contribution in [0, 0.1) is 20.8 Å². The number of halogens is 2. The molecule has 0 atom stereocenters. The zero-order valence-corrected chi connectivity index (χ0v) is 17.7. The van der Waals surface area contributed by atoms with Gasteiger partial charge in [0.15, 0.2) is 0 Å². The summed E-state index contributed by atoms with van der Waals surface area (Å²) in [5.74, 6) is -0.0945. The predicted octanol–water partition coefficient (Wildman–Crippen LogP) is 4.18. The molecule has 28 heavy (non-hydrogen) atoms. The number of carbonyl (C=O) groups is 1. The molecule has 2 aromatic heterocycles. The molecule has 1 N–H and O–H groups in total. The van der Waals surface area contributed by atoms with E-state index in [4.69, 9.17) is 23.2 Å². The number of benzene rings is 1. The van der Waals surface area contributed by atoms with Gasteiger partial charge in [0.25, 0.3) is 5.91 Å². The number of hydrogen-bond acceptors (Lipinski definition) is 3. The predicted molar refractivity (Wildman–Crippen MR) is 111 cm³/mol. The van der Waals surface area contributed by atoms with Crippen molar-refractivity contribution >= 4 is 29.1 Å². The number of hydrogen-bond donors (Lipinski definition) is 1. The van der Waals surface area contributed by atoms with Gasteiger partial charge in [-0.2, -0.15) is 10.2 Å². The molecule has 0 saturated heterocycles. The van der Waals surface area contributed by atoms with Gasteiger partial charge in [0.05, 0.1) is 33.7 Å². The summed E-state index contributed by atoms with van der Waals surface area (Å²) in [4.78, 5) is 12.4. The van der Waals surface area contributed by atoms with E-state index in [1.165, 1.54) is 0 Å². The molecule has 0 bridgehead atoms. The molecule has 0 fully saturated rings. The van der Waals surface area contributed by atoms with Crippen molar-refractivity contribution in [1.82, 2.24) is 24.9 Å². The van der Waals surface area contributed by atoms with Gasteiger partial charge >= 0.3 is 0 Å². The SMILES string of the molecule is Cc1nn(CCCNC(=O)c2cccc(Cn3nc(C)c(Cl)c3C)c2)cc1Cl. The number of amides is 1. The molecule has 148 valence electrons. The minimum Gasteiger partial charge on any atom is -0.352 e. The van der Waals surface area contributed by atoms with E-state index in [1.54, 1.807) is 10.9 Å². The van der Waals surface area contributed by atoms with Gasteiger partial charge in [-0.05, 0) is 44.9 Å². The van der Waals surface area contributed by atoms with Gasteiger partial charge in [-0.15, -0.1) is 0 Å². The molecular formula is C20H23Cl2N5O. The van der Waals surface area contributed by atoms with Crippen molar-refractivity contribution in [3.05, 3.63) is 68.7 Å². The van der Waals surface area contributed by atoms with Crippen molar-refractivity contribution in [2.45, 2.75) is 40.3 Å². The van der Waals surface area contributed by atoms with E-state index in [2.05, 4.69) is 15.5 Å². The summed E-state index contributed by atoms with van der Waals surface area (Å²) in [6.45, 7) is 7.52. The minimum absolute atomic E-state index is 0.0945. The Morgan fingerprint density at radius 1 is 1.14 bits per heavy atom. The van der Waals surface area contributed by atoms with Crippen LogP contribution in [0.3, 0.4) is 0 Å². The fraction of sp³-hybridized carbons (Fsp3) is 0.350. The van der Waals surface area contributed by atoms with Crippen LogP contribution in [0.4, 0.5) is 0 Å². The number of carbonyl (C=O) groups excluding carboxylic acids is 1. The highest BCUT2D eigenvalue weighted by atomic mass is 35.5. The standard InChI is InChI=1S/C20H23Cl2N5O/c1-13-18(21)12-26(24-13)9-5-8-23-20(28)17-7-4-6-16(10-17)11-27-15(3)19(22)14(2)25-27/h4,6-7,10,12H,5,8-9,11H2,1-3H3,(H,23,28). The molecule has 3 aromatic rings. The largest absolute Gasteiger partial charge is 0.352 e. The Balaban J connectivity index is 1.55. The number of nitrogens with one attached hydrogen (secondary N) is 1.